The van der Waals surface area contributed by atoms with Crippen molar-refractivity contribution < 1.29 is 9.53 Å². The average molecular weight is 416 g/mol. The fourth-order valence-electron chi connectivity index (χ4n) is 3.67. The summed E-state index contributed by atoms with van der Waals surface area (Å²) < 4.78 is 6.96. The molecule has 0 saturated carbocycles. The van der Waals surface area contributed by atoms with E-state index in [2.05, 4.69) is 38.9 Å². The van der Waals surface area contributed by atoms with Crippen molar-refractivity contribution in [3.05, 3.63) is 70.2 Å². The Labute approximate surface area is 161 Å². The van der Waals surface area contributed by atoms with Crippen LogP contribution in [0.1, 0.15) is 23.3 Å². The van der Waals surface area contributed by atoms with Gasteiger partial charge in [0.15, 0.2) is 0 Å². The number of benzene rings is 2. The smallest absolute Gasteiger partial charge is 0.229 e. The van der Waals surface area contributed by atoms with Crippen molar-refractivity contribution >= 4 is 21.8 Å². The molecular formula is C20H22BrN3O2. The lowest BCUT2D eigenvalue weighted by molar-refractivity contribution is -0.143. The van der Waals surface area contributed by atoms with Gasteiger partial charge in [0, 0.05) is 17.6 Å². The van der Waals surface area contributed by atoms with Gasteiger partial charge in [0.25, 0.3) is 0 Å². The molecule has 0 aliphatic carbocycles. The highest BCUT2D eigenvalue weighted by Gasteiger charge is 2.38. The fraction of sp³-hybridized carbons (Fsp3) is 0.350. The van der Waals surface area contributed by atoms with Crippen molar-refractivity contribution in [2.75, 3.05) is 26.2 Å². The molecule has 2 aliphatic rings. The van der Waals surface area contributed by atoms with Gasteiger partial charge in [-0.25, -0.2) is 5.43 Å². The maximum absolute atomic E-state index is 13.2. The first-order valence-electron chi connectivity index (χ1n) is 8.91. The topological polar surface area (TPSA) is 53.6 Å². The predicted octanol–water partition coefficient (Wildman–Crippen LogP) is 2.81. The van der Waals surface area contributed by atoms with Crippen molar-refractivity contribution in [1.29, 1.82) is 0 Å². The second kappa shape index (κ2) is 7.88. The Hall–Kier alpha value is -1.73. The monoisotopic (exact) mass is 415 g/mol. The van der Waals surface area contributed by atoms with Gasteiger partial charge < -0.3 is 9.64 Å². The van der Waals surface area contributed by atoms with Crippen LogP contribution in [0, 0.1) is 5.92 Å². The summed E-state index contributed by atoms with van der Waals surface area (Å²) in [5.74, 6) is 0.0721. The van der Waals surface area contributed by atoms with Crippen molar-refractivity contribution in [3.63, 3.8) is 0 Å². The molecule has 4 rings (SSSR count). The standard InChI is InChI=1S/C20H22BrN3O2/c21-16-8-6-14(7-9-16)18-13-24(10-11-26-18)20(25)17-12-22-23-19(17)15-4-2-1-3-5-15/h1-9,17-19,22-23H,10-13H2. The second-order valence-corrected chi connectivity index (χ2v) is 7.63. The molecule has 2 aromatic rings. The first kappa shape index (κ1) is 17.7. The van der Waals surface area contributed by atoms with Gasteiger partial charge in [0.2, 0.25) is 5.91 Å². The molecule has 1 amide bonds. The van der Waals surface area contributed by atoms with Crippen molar-refractivity contribution in [1.82, 2.24) is 15.8 Å². The number of hydrogen-bond acceptors (Lipinski definition) is 4. The van der Waals surface area contributed by atoms with Gasteiger partial charge in [-0.2, -0.15) is 0 Å². The highest BCUT2D eigenvalue weighted by molar-refractivity contribution is 9.10. The zero-order valence-corrected chi connectivity index (χ0v) is 16.0. The normalized spacial score (nSPS) is 26.0. The number of amides is 1. The molecule has 5 nitrogen and oxygen atoms in total. The maximum Gasteiger partial charge on any atom is 0.229 e. The molecule has 2 aromatic carbocycles. The van der Waals surface area contributed by atoms with Gasteiger partial charge in [-0.3, -0.25) is 10.2 Å². The predicted molar refractivity (Wildman–Crippen MR) is 103 cm³/mol. The summed E-state index contributed by atoms with van der Waals surface area (Å²) in [7, 11) is 0. The molecule has 0 bridgehead atoms. The van der Waals surface area contributed by atoms with Gasteiger partial charge in [-0.1, -0.05) is 58.4 Å². The number of rotatable bonds is 3. The number of carbonyl (C=O) groups is 1. The summed E-state index contributed by atoms with van der Waals surface area (Å²) in [6, 6.07) is 18.3. The van der Waals surface area contributed by atoms with Gasteiger partial charge >= 0.3 is 0 Å². The fourth-order valence-corrected chi connectivity index (χ4v) is 3.93. The molecule has 2 N–H and O–H groups in total. The van der Waals surface area contributed by atoms with Gasteiger partial charge in [-0.15, -0.1) is 0 Å². The molecule has 6 heteroatoms. The van der Waals surface area contributed by atoms with Crippen molar-refractivity contribution in [2.24, 2.45) is 5.92 Å². The van der Waals surface area contributed by atoms with E-state index in [1.807, 2.05) is 47.4 Å². The van der Waals surface area contributed by atoms with Crippen LogP contribution in [0.2, 0.25) is 0 Å². The summed E-state index contributed by atoms with van der Waals surface area (Å²) >= 11 is 3.46. The molecule has 136 valence electrons. The Morgan fingerprint density at radius 3 is 2.62 bits per heavy atom. The van der Waals surface area contributed by atoms with Crippen LogP contribution in [0.3, 0.4) is 0 Å². The van der Waals surface area contributed by atoms with Crippen molar-refractivity contribution in [2.45, 2.75) is 12.1 Å². The molecule has 2 saturated heterocycles. The van der Waals surface area contributed by atoms with E-state index in [9.17, 15) is 4.79 Å². The second-order valence-electron chi connectivity index (χ2n) is 6.72. The number of halogens is 1. The lowest BCUT2D eigenvalue weighted by atomic mass is 9.93. The Morgan fingerprint density at radius 2 is 1.85 bits per heavy atom. The van der Waals surface area contributed by atoms with Crippen molar-refractivity contribution in [3.8, 4) is 0 Å². The third kappa shape index (κ3) is 3.69. The number of nitrogens with zero attached hydrogens (tertiary/aromatic N) is 1. The number of ether oxygens (including phenoxy) is 1. The SMILES string of the molecule is O=C(C1CNNC1c1ccccc1)N1CCOC(c2ccc(Br)cc2)C1. The lowest BCUT2D eigenvalue weighted by Gasteiger charge is -2.35. The van der Waals surface area contributed by atoms with Gasteiger partial charge in [-0.05, 0) is 23.3 Å². The van der Waals surface area contributed by atoms with Crippen LogP contribution in [0.5, 0.6) is 0 Å². The quantitative estimate of drug-likeness (QED) is 0.808. The molecule has 0 aromatic heterocycles. The molecule has 2 heterocycles. The minimum Gasteiger partial charge on any atom is -0.370 e. The molecule has 26 heavy (non-hydrogen) atoms. The van der Waals surface area contributed by atoms with Crippen LogP contribution in [-0.4, -0.2) is 37.0 Å². The summed E-state index contributed by atoms with van der Waals surface area (Å²) in [6.45, 7) is 2.44. The van der Waals surface area contributed by atoms with Crippen LogP contribution >= 0.6 is 15.9 Å². The zero-order chi connectivity index (χ0) is 17.9. The van der Waals surface area contributed by atoms with Crippen LogP contribution in [-0.2, 0) is 9.53 Å². The highest BCUT2D eigenvalue weighted by atomic mass is 79.9. The Kier molecular flexibility index (Phi) is 5.36. The minimum atomic E-state index is -0.110. The van der Waals surface area contributed by atoms with Gasteiger partial charge in [0.1, 0.15) is 6.10 Å². The molecule has 0 radical (unpaired) electrons. The lowest BCUT2D eigenvalue weighted by Crippen LogP contribution is -2.46. The van der Waals surface area contributed by atoms with Crippen LogP contribution < -0.4 is 10.9 Å². The Bertz CT molecular complexity index is 753. The Morgan fingerprint density at radius 1 is 1.08 bits per heavy atom. The summed E-state index contributed by atoms with van der Waals surface area (Å²) in [5, 5.41) is 0. The largest absolute Gasteiger partial charge is 0.370 e. The summed E-state index contributed by atoms with van der Waals surface area (Å²) in [4.78, 5) is 15.1. The first-order chi connectivity index (χ1) is 12.7. The first-order valence-corrected chi connectivity index (χ1v) is 9.71. The number of carbonyl (C=O) groups excluding carboxylic acids is 1. The average Bonchev–Trinajstić information content (AvgIpc) is 3.18. The molecular weight excluding hydrogens is 394 g/mol. The van der Waals surface area contributed by atoms with E-state index in [4.69, 9.17) is 4.74 Å². The third-order valence-corrected chi connectivity index (χ3v) is 5.61. The minimum absolute atomic E-state index is 0.00215. The van der Waals surface area contributed by atoms with E-state index in [0.29, 0.717) is 26.2 Å². The number of hydrazine groups is 1. The van der Waals surface area contributed by atoms with Crippen LogP contribution in [0.25, 0.3) is 0 Å². The third-order valence-electron chi connectivity index (χ3n) is 5.08. The van der Waals surface area contributed by atoms with E-state index >= 15 is 0 Å². The van der Waals surface area contributed by atoms with E-state index < -0.39 is 0 Å². The van der Waals surface area contributed by atoms with Gasteiger partial charge in [0.05, 0.1) is 25.1 Å². The number of nitrogens with one attached hydrogen (secondary N) is 2. The van der Waals surface area contributed by atoms with E-state index in [-0.39, 0.29) is 24.0 Å². The number of morpholine rings is 1. The molecule has 2 fully saturated rings. The molecule has 3 atom stereocenters. The highest BCUT2D eigenvalue weighted by Crippen LogP contribution is 2.29. The van der Waals surface area contributed by atoms with Crippen LogP contribution in [0.15, 0.2) is 59.1 Å². The molecule has 3 unspecified atom stereocenters. The summed E-state index contributed by atoms with van der Waals surface area (Å²) in [6.07, 6.45) is -0.0710. The molecule has 0 spiro atoms. The van der Waals surface area contributed by atoms with E-state index in [1.165, 1.54) is 0 Å². The van der Waals surface area contributed by atoms with E-state index in [1.54, 1.807) is 0 Å². The Balaban J connectivity index is 1.47. The zero-order valence-electron chi connectivity index (χ0n) is 14.4. The maximum atomic E-state index is 13.2. The number of hydrogen-bond donors (Lipinski definition) is 2. The van der Waals surface area contributed by atoms with E-state index in [0.717, 1.165) is 15.6 Å². The van der Waals surface area contributed by atoms with Crippen LogP contribution in [0.4, 0.5) is 0 Å². The molecule has 2 aliphatic heterocycles. The summed E-state index contributed by atoms with van der Waals surface area (Å²) in [5.41, 5.74) is 8.65.